The zero-order valence-electron chi connectivity index (χ0n) is 29.3. The number of benzene rings is 4. The van der Waals surface area contributed by atoms with E-state index in [1.165, 1.54) is 36.4 Å². The summed E-state index contributed by atoms with van der Waals surface area (Å²) >= 11 is 0.703. The van der Waals surface area contributed by atoms with Gasteiger partial charge in [-0.05, 0) is 72.1 Å². The first-order chi connectivity index (χ1) is 27.3. The highest BCUT2D eigenvalue weighted by molar-refractivity contribution is 7.92. The van der Waals surface area contributed by atoms with Crippen molar-refractivity contribution in [3.63, 3.8) is 0 Å². The molecule has 5 rings (SSSR count). The van der Waals surface area contributed by atoms with Gasteiger partial charge in [-0.3, -0.25) is 9.59 Å². The van der Waals surface area contributed by atoms with Crippen molar-refractivity contribution >= 4 is 50.9 Å². The van der Waals surface area contributed by atoms with Crippen molar-refractivity contribution in [3.8, 4) is 46.3 Å². The first-order valence-electron chi connectivity index (χ1n) is 16.3. The summed E-state index contributed by atoms with van der Waals surface area (Å²) in [5.41, 5.74) is -2.11. The zero-order chi connectivity index (χ0) is 42.4. The molecule has 1 atom stereocenters. The molecule has 4 aromatic carbocycles. The number of ether oxygens (including phenoxy) is 2. The number of nitrogens with zero attached hydrogens (tertiary/aromatic N) is 1. The Morgan fingerprint density at radius 3 is 1.86 bits per heavy atom. The van der Waals surface area contributed by atoms with Gasteiger partial charge in [0.25, 0.3) is 21.8 Å². The largest absolute Gasteiger partial charge is 0.504 e. The van der Waals surface area contributed by atoms with Gasteiger partial charge < -0.3 is 50.0 Å². The number of nitriles is 1. The van der Waals surface area contributed by atoms with Crippen LogP contribution < -0.4 is 29.4 Å². The average Bonchev–Trinajstić information content (AvgIpc) is 3.60. The molecule has 306 valence electrons. The van der Waals surface area contributed by atoms with Gasteiger partial charge in [0, 0.05) is 21.9 Å². The van der Waals surface area contributed by atoms with E-state index >= 15 is 0 Å². The maximum absolute atomic E-state index is 13.3. The number of phenols is 4. The molecule has 0 aliphatic heterocycles. The highest BCUT2D eigenvalue weighted by Crippen LogP contribution is 2.44. The predicted octanol–water partition coefficient (Wildman–Crippen LogP) is 4.73. The Kier molecular flexibility index (Phi) is 12.9. The molecule has 2 amide bonds. The average molecular weight is 867 g/mol. The quantitative estimate of drug-likeness (QED) is 0.0379. The minimum absolute atomic E-state index is 0.0416. The van der Waals surface area contributed by atoms with Gasteiger partial charge in [-0.2, -0.15) is 23.2 Å². The normalized spacial score (nSPS) is 12.6. The van der Waals surface area contributed by atoms with E-state index in [9.17, 15) is 61.1 Å². The molecule has 0 fully saturated rings. The molecule has 0 saturated carbocycles. The number of phenolic OH excluding ortho intramolecular Hbond substituents is 4. The summed E-state index contributed by atoms with van der Waals surface area (Å²) in [6.45, 7) is -0.480. The fourth-order valence-electron chi connectivity index (χ4n) is 4.91. The third kappa shape index (κ3) is 10.8. The van der Waals surface area contributed by atoms with Crippen LogP contribution in [0.5, 0.6) is 40.2 Å². The molecule has 1 heterocycles. The zero-order valence-corrected chi connectivity index (χ0v) is 31.8. The van der Waals surface area contributed by atoms with Gasteiger partial charge in [0.2, 0.25) is 0 Å². The number of hydrogen-bond donors (Lipinski definition) is 8. The summed E-state index contributed by atoms with van der Waals surface area (Å²) in [4.78, 5) is 35.3. The van der Waals surface area contributed by atoms with Crippen molar-refractivity contribution in [1.29, 1.82) is 5.26 Å². The lowest BCUT2D eigenvalue weighted by atomic mass is 10.1. The number of fused-ring (bicyclic) bond motifs is 1. The maximum Gasteiger partial charge on any atom is 0.417 e. The first kappa shape index (κ1) is 42.9. The van der Waals surface area contributed by atoms with Crippen molar-refractivity contribution in [2.45, 2.75) is 10.4 Å². The van der Waals surface area contributed by atoms with Crippen molar-refractivity contribution in [1.82, 2.24) is 15.4 Å². The van der Waals surface area contributed by atoms with Crippen LogP contribution in [-0.2, 0) is 20.8 Å². The molecule has 8 N–H and O–H groups in total. The Labute approximate surface area is 330 Å². The number of carbonyl (C=O) groups excluding carboxylic acids is 2. The Morgan fingerprint density at radius 1 is 0.793 bits per heavy atom. The Bertz CT molecular complexity index is 2470. The van der Waals surface area contributed by atoms with Crippen LogP contribution in [0.1, 0.15) is 31.8 Å². The van der Waals surface area contributed by atoms with Crippen LogP contribution in [0.3, 0.4) is 0 Å². The highest BCUT2D eigenvalue weighted by Gasteiger charge is 2.35. The van der Waals surface area contributed by atoms with Gasteiger partial charge in [-0.25, -0.2) is 13.0 Å². The number of nitrogens with one attached hydrogen (secondary N) is 3. The molecule has 17 nitrogen and oxygen atoms in total. The van der Waals surface area contributed by atoms with Gasteiger partial charge in [-0.15, -0.1) is 11.3 Å². The van der Waals surface area contributed by atoms with Crippen LogP contribution in [-0.4, -0.2) is 78.1 Å². The maximum atomic E-state index is 13.3. The molecular formula is C35H30F3N4O13PS2. The van der Waals surface area contributed by atoms with E-state index in [0.29, 0.717) is 22.1 Å². The lowest BCUT2D eigenvalue weighted by Crippen LogP contribution is -2.28. The Hall–Kier alpha value is -6.24. The van der Waals surface area contributed by atoms with Crippen LogP contribution >= 0.6 is 18.9 Å². The van der Waals surface area contributed by atoms with Gasteiger partial charge in [0.1, 0.15) is 29.5 Å². The number of carbonyl (C=O) groups is 2. The fraction of sp³-hybridized carbons (Fsp3) is 0.171. The molecule has 5 aromatic rings. The molecule has 1 aromatic heterocycles. The van der Waals surface area contributed by atoms with Crippen LogP contribution in [0.15, 0.2) is 77.0 Å². The summed E-state index contributed by atoms with van der Waals surface area (Å²) < 4.78 is 97.6. The smallest absolute Gasteiger partial charge is 0.417 e. The number of rotatable bonds is 16. The van der Waals surface area contributed by atoms with Gasteiger partial charge in [0.05, 0.1) is 30.3 Å². The monoisotopic (exact) mass is 866 g/mol. The fourth-order valence-corrected chi connectivity index (χ4v) is 8.87. The summed E-state index contributed by atoms with van der Waals surface area (Å²) in [7, 11) is -9.51. The Balaban J connectivity index is 1.29. The number of alkyl halides is 3. The number of aromatic hydroxyl groups is 4. The van der Waals surface area contributed by atoms with E-state index < -0.39 is 81.8 Å². The molecule has 23 heteroatoms. The minimum atomic E-state index is -4.99. The second kappa shape index (κ2) is 17.5. The first-order valence-corrected chi connectivity index (χ1v) is 20.4. The van der Waals surface area contributed by atoms with Crippen LogP contribution in [0.25, 0.3) is 10.1 Å². The van der Waals surface area contributed by atoms with E-state index in [0.717, 1.165) is 36.4 Å². The van der Waals surface area contributed by atoms with E-state index in [1.54, 1.807) is 0 Å². The van der Waals surface area contributed by atoms with Crippen LogP contribution in [0.2, 0.25) is 0 Å². The molecule has 58 heavy (non-hydrogen) atoms. The van der Waals surface area contributed by atoms with Gasteiger partial charge in [-0.1, -0.05) is 0 Å². The number of sulfonamides is 1. The van der Waals surface area contributed by atoms with E-state index in [4.69, 9.17) is 19.3 Å². The van der Waals surface area contributed by atoms with Crippen molar-refractivity contribution < 1.29 is 75.1 Å². The predicted molar refractivity (Wildman–Crippen MR) is 199 cm³/mol. The second-order valence-electron chi connectivity index (χ2n) is 11.9. The lowest BCUT2D eigenvalue weighted by Gasteiger charge is -2.16. The molecule has 0 spiro atoms. The molecular weight excluding hydrogens is 837 g/mol. The molecule has 0 aliphatic carbocycles. The molecule has 0 radical (unpaired) electrons. The topological polar surface area (TPSA) is 274 Å². The number of amides is 2. The standard InChI is InChI=1S/C35H30F3N4O13PS2/c36-35(37,38)24-15-23(4-1-21(24)17-39)55-56(49,50)18-42-58(51,52)32-14-22-13-29(53-9-7-40-33(47)19-2-5-25(43)27(45)11-19)30(16-31(22)57-32)54-10-8-41-34(48)20-3-6-26(44)28(46)12-20/h1-6,11-16,42-46H,7-10,18H2,(H,40,47)(H,41,48)(H,49,50). The summed E-state index contributed by atoms with van der Waals surface area (Å²) in [6.07, 6.45) is -6.24. The highest BCUT2D eigenvalue weighted by atomic mass is 32.2. The summed E-state index contributed by atoms with van der Waals surface area (Å²) in [5.74, 6) is -3.69. The molecule has 0 bridgehead atoms. The van der Waals surface area contributed by atoms with Crippen molar-refractivity contribution in [2.24, 2.45) is 0 Å². The SMILES string of the molecule is N#Cc1ccc(OP(=O)(O)CNS(=O)(=O)c2cc3cc(OCCNC(=O)c4ccc(O)c(O)c4)c(OCCNC(=O)c4ccc(O)c(O)c4)cc3s2)cc1C(F)(F)F. The third-order valence-electron chi connectivity index (χ3n) is 7.71. The second-order valence-corrected chi connectivity index (χ2v) is 16.7. The van der Waals surface area contributed by atoms with E-state index in [1.807, 2.05) is 4.72 Å². The number of thiophene rings is 1. The minimum Gasteiger partial charge on any atom is -0.504 e. The molecule has 0 aliphatic rings. The van der Waals surface area contributed by atoms with Gasteiger partial charge >= 0.3 is 13.8 Å². The molecule has 0 saturated heterocycles. The summed E-state index contributed by atoms with van der Waals surface area (Å²) in [5, 5.41) is 52.7. The van der Waals surface area contributed by atoms with Crippen molar-refractivity contribution in [3.05, 3.63) is 95.1 Å². The van der Waals surface area contributed by atoms with E-state index in [2.05, 4.69) is 10.6 Å². The van der Waals surface area contributed by atoms with Crippen molar-refractivity contribution in [2.75, 3.05) is 32.6 Å². The number of halogens is 3. The summed E-state index contributed by atoms with van der Waals surface area (Å²) in [6, 6.07) is 14.2. The van der Waals surface area contributed by atoms with E-state index in [-0.39, 0.29) is 58.5 Å². The van der Waals surface area contributed by atoms with Crippen LogP contribution in [0.4, 0.5) is 13.2 Å². The Morgan fingerprint density at radius 2 is 1.34 bits per heavy atom. The van der Waals surface area contributed by atoms with Gasteiger partial charge in [0.15, 0.2) is 34.5 Å². The number of hydrogen-bond acceptors (Lipinski definition) is 14. The lowest BCUT2D eigenvalue weighted by molar-refractivity contribution is -0.137. The van der Waals surface area contributed by atoms with Crippen LogP contribution in [0, 0.1) is 11.3 Å². The molecule has 1 unspecified atom stereocenters. The third-order valence-corrected chi connectivity index (χ3v) is 12.0.